The van der Waals surface area contributed by atoms with Crippen molar-refractivity contribution in [1.82, 2.24) is 14.3 Å². The summed E-state index contributed by atoms with van der Waals surface area (Å²) >= 11 is 6.07. The molecule has 0 saturated carbocycles. The molecule has 3 heterocycles. The quantitative estimate of drug-likeness (QED) is 0.506. The van der Waals surface area contributed by atoms with Gasteiger partial charge in [-0.1, -0.05) is 60.4 Å². The Labute approximate surface area is 185 Å². The second kappa shape index (κ2) is 9.47. The molecule has 0 fully saturated rings. The summed E-state index contributed by atoms with van der Waals surface area (Å²) < 4.78 is 8.34. The molecule has 0 bridgehead atoms. The molecule has 0 atom stereocenters. The average molecular weight is 441 g/mol. The predicted molar refractivity (Wildman–Crippen MR) is 121 cm³/mol. The smallest absolute Gasteiger partial charge is 0.332 e. The fourth-order valence-electron chi connectivity index (χ4n) is 3.82. The van der Waals surface area contributed by atoms with Gasteiger partial charge in [0.1, 0.15) is 16.7 Å². The summed E-state index contributed by atoms with van der Waals surface area (Å²) in [6.45, 7) is 2.89. The first-order chi connectivity index (χ1) is 15.1. The molecule has 0 unspecified atom stereocenters. The van der Waals surface area contributed by atoms with E-state index in [4.69, 9.17) is 16.1 Å². The molecule has 0 saturated heterocycles. The number of halogens is 1. The summed E-state index contributed by atoms with van der Waals surface area (Å²) in [7, 11) is 0. The average Bonchev–Trinajstić information content (AvgIpc) is 3.37. The van der Waals surface area contributed by atoms with Crippen LogP contribution >= 0.6 is 11.6 Å². The Morgan fingerprint density at radius 1 is 1.10 bits per heavy atom. The molecule has 0 N–H and O–H groups in total. The van der Waals surface area contributed by atoms with Gasteiger partial charge >= 0.3 is 5.69 Å². The van der Waals surface area contributed by atoms with Crippen molar-refractivity contribution in [2.75, 3.05) is 0 Å². The summed E-state index contributed by atoms with van der Waals surface area (Å²) in [6.07, 6.45) is 3.95. The Morgan fingerprint density at radius 3 is 2.65 bits per heavy atom. The first-order valence-corrected chi connectivity index (χ1v) is 11.0. The number of hydrogen-bond donors (Lipinski definition) is 0. The Morgan fingerprint density at radius 2 is 1.87 bits per heavy atom. The first-order valence-electron chi connectivity index (χ1n) is 10.6. The third kappa shape index (κ3) is 4.71. The molecule has 31 heavy (non-hydrogen) atoms. The number of benzene rings is 1. The fourth-order valence-corrected chi connectivity index (χ4v) is 4.03. The summed E-state index contributed by atoms with van der Waals surface area (Å²) in [5, 5.41) is 4.49. The van der Waals surface area contributed by atoms with Gasteiger partial charge in [-0.25, -0.2) is 9.79 Å². The van der Waals surface area contributed by atoms with Gasteiger partial charge in [0.2, 0.25) is 0 Å². The number of unbranched alkanes of at least 4 members (excludes halogenated alkanes) is 1. The van der Waals surface area contributed by atoms with Crippen molar-refractivity contribution >= 4 is 22.6 Å². The summed E-state index contributed by atoms with van der Waals surface area (Å²) in [4.78, 5) is 30.1. The second-order valence-corrected chi connectivity index (χ2v) is 8.20. The van der Waals surface area contributed by atoms with Crippen molar-refractivity contribution in [3.05, 3.63) is 79.8 Å². The largest absolute Gasteiger partial charge is 0.361 e. The van der Waals surface area contributed by atoms with Gasteiger partial charge in [0, 0.05) is 38.4 Å². The monoisotopic (exact) mass is 440 g/mol. The third-order valence-corrected chi connectivity index (χ3v) is 5.63. The zero-order chi connectivity index (χ0) is 21.8. The molecule has 1 aromatic carbocycles. The molecule has 1 aliphatic heterocycles. The molecule has 0 amide bonds. The zero-order valence-electron chi connectivity index (χ0n) is 17.5. The lowest BCUT2D eigenvalue weighted by molar-refractivity contribution is 0.371. The Kier molecular flexibility index (Phi) is 6.51. The molecule has 2 aromatic heterocycles. The normalized spacial score (nSPS) is 12.8. The third-order valence-electron chi connectivity index (χ3n) is 5.42. The van der Waals surface area contributed by atoms with E-state index in [0.29, 0.717) is 48.9 Å². The van der Waals surface area contributed by atoms with E-state index in [-0.39, 0.29) is 17.7 Å². The van der Waals surface area contributed by atoms with Crippen LogP contribution < -0.4 is 11.2 Å². The standard InChI is InChI=1S/C23H25ClN4O3/c1-2-3-11-27-21-19(15-20(24)25-21)22(29)28(23(27)30)12-7-10-18-14-17(26-31-18)13-16-8-5-4-6-9-16/h4-6,8-9,14H,2-3,7,10-13,15H2,1H3. The number of fused-ring (bicyclic) bond motifs is 1. The maximum Gasteiger partial charge on any atom is 0.332 e. The molecule has 3 aromatic rings. The minimum Gasteiger partial charge on any atom is -0.361 e. The lowest BCUT2D eigenvalue weighted by atomic mass is 10.1. The van der Waals surface area contributed by atoms with E-state index in [2.05, 4.69) is 17.1 Å². The van der Waals surface area contributed by atoms with E-state index in [9.17, 15) is 9.59 Å². The van der Waals surface area contributed by atoms with Crippen LogP contribution in [0.4, 0.5) is 5.82 Å². The minimum atomic E-state index is -0.324. The van der Waals surface area contributed by atoms with Gasteiger partial charge in [0.15, 0.2) is 0 Å². The van der Waals surface area contributed by atoms with Crippen molar-refractivity contribution in [3.8, 4) is 0 Å². The highest BCUT2D eigenvalue weighted by atomic mass is 35.5. The molecule has 1 aliphatic rings. The second-order valence-electron chi connectivity index (χ2n) is 7.76. The number of hydrogen-bond acceptors (Lipinski definition) is 5. The van der Waals surface area contributed by atoms with Crippen molar-refractivity contribution in [2.24, 2.45) is 4.99 Å². The Hall–Kier alpha value is -2.93. The zero-order valence-corrected chi connectivity index (χ0v) is 18.3. The van der Waals surface area contributed by atoms with E-state index in [1.165, 1.54) is 10.1 Å². The van der Waals surface area contributed by atoms with Gasteiger partial charge in [-0.15, -0.1) is 0 Å². The van der Waals surface area contributed by atoms with Crippen LogP contribution in [-0.2, 0) is 32.4 Å². The summed E-state index contributed by atoms with van der Waals surface area (Å²) in [5.41, 5.74) is 1.92. The van der Waals surface area contributed by atoms with Crippen molar-refractivity contribution < 1.29 is 4.52 Å². The van der Waals surface area contributed by atoms with Gasteiger partial charge in [0.25, 0.3) is 5.56 Å². The maximum absolute atomic E-state index is 13.0. The fraction of sp³-hybridized carbons (Fsp3) is 0.391. The number of aromatic nitrogens is 3. The van der Waals surface area contributed by atoms with Crippen LogP contribution in [-0.4, -0.2) is 19.5 Å². The highest BCUT2D eigenvalue weighted by Gasteiger charge is 2.24. The van der Waals surface area contributed by atoms with Gasteiger partial charge in [-0.2, -0.15) is 0 Å². The highest BCUT2D eigenvalue weighted by Crippen LogP contribution is 2.24. The molecule has 0 spiro atoms. The van der Waals surface area contributed by atoms with Crippen LogP contribution in [0.25, 0.3) is 0 Å². The maximum atomic E-state index is 13.0. The lowest BCUT2D eigenvalue weighted by Crippen LogP contribution is -2.41. The van der Waals surface area contributed by atoms with E-state index in [1.807, 2.05) is 36.4 Å². The van der Waals surface area contributed by atoms with E-state index >= 15 is 0 Å². The molecular formula is C23H25ClN4O3. The van der Waals surface area contributed by atoms with Crippen molar-refractivity contribution in [1.29, 1.82) is 0 Å². The molecule has 7 nitrogen and oxygen atoms in total. The van der Waals surface area contributed by atoms with E-state index in [1.54, 1.807) is 4.57 Å². The molecular weight excluding hydrogens is 416 g/mol. The number of rotatable bonds is 9. The van der Waals surface area contributed by atoms with Crippen molar-refractivity contribution in [3.63, 3.8) is 0 Å². The first kappa shape index (κ1) is 21.3. The summed E-state index contributed by atoms with van der Waals surface area (Å²) in [5.74, 6) is 1.17. The van der Waals surface area contributed by atoms with Crippen molar-refractivity contribution in [2.45, 2.75) is 58.5 Å². The predicted octanol–water partition coefficient (Wildman–Crippen LogP) is 3.85. The molecule has 0 radical (unpaired) electrons. The Balaban J connectivity index is 1.46. The SMILES string of the molecule is CCCCn1c2c(c(=O)n(CCCc3cc(Cc4ccccc4)no3)c1=O)CC(Cl)=N2. The van der Waals surface area contributed by atoms with Crippen LogP contribution in [0, 0.1) is 0 Å². The van der Waals surface area contributed by atoms with Crippen LogP contribution in [0.2, 0.25) is 0 Å². The molecule has 4 rings (SSSR count). The van der Waals surface area contributed by atoms with Crippen LogP contribution in [0.5, 0.6) is 0 Å². The van der Waals surface area contributed by atoms with Gasteiger partial charge in [-0.3, -0.25) is 13.9 Å². The number of nitrogens with zero attached hydrogens (tertiary/aromatic N) is 4. The number of aryl methyl sites for hydroxylation is 1. The van der Waals surface area contributed by atoms with E-state index in [0.717, 1.165) is 24.3 Å². The number of aliphatic imine (C=N–C) groups is 1. The van der Waals surface area contributed by atoms with Gasteiger partial charge in [-0.05, 0) is 18.4 Å². The summed E-state index contributed by atoms with van der Waals surface area (Å²) in [6, 6.07) is 12.0. The highest BCUT2D eigenvalue weighted by molar-refractivity contribution is 6.66. The molecule has 0 aliphatic carbocycles. The topological polar surface area (TPSA) is 82.4 Å². The van der Waals surface area contributed by atoms with Gasteiger partial charge in [0.05, 0.1) is 11.3 Å². The lowest BCUT2D eigenvalue weighted by Gasteiger charge is -2.13. The van der Waals surface area contributed by atoms with E-state index < -0.39 is 0 Å². The van der Waals surface area contributed by atoms with Gasteiger partial charge < -0.3 is 4.52 Å². The molecule has 8 heteroatoms. The molecule has 162 valence electrons. The minimum absolute atomic E-state index is 0.285. The van der Waals surface area contributed by atoms with Crippen LogP contribution in [0.3, 0.4) is 0 Å². The van der Waals surface area contributed by atoms with Crippen LogP contribution in [0.1, 0.15) is 48.8 Å². The Bertz CT molecular complexity index is 1210. The van der Waals surface area contributed by atoms with Crippen LogP contribution in [0.15, 0.2) is 55.5 Å².